The van der Waals surface area contributed by atoms with Gasteiger partial charge in [-0.3, -0.25) is 0 Å². The number of rotatable bonds is 6. The summed E-state index contributed by atoms with van der Waals surface area (Å²) in [5.41, 5.74) is 5.00. The molecule has 3 heteroatoms. The first-order valence-electron chi connectivity index (χ1n) is 12.6. The third-order valence-electron chi connectivity index (χ3n) is 8.62. The highest BCUT2D eigenvalue weighted by atomic mass is 28.3. The Labute approximate surface area is 198 Å². The molecule has 0 aliphatic heterocycles. The topological polar surface area (TPSA) is 0 Å². The summed E-state index contributed by atoms with van der Waals surface area (Å²) in [4.78, 5) is 0. The van der Waals surface area contributed by atoms with E-state index in [0.29, 0.717) is 5.04 Å². The van der Waals surface area contributed by atoms with Gasteiger partial charge in [0.1, 0.15) is 0 Å². The Morgan fingerprint density at radius 1 is 0.935 bits per heavy atom. The van der Waals surface area contributed by atoms with Crippen LogP contribution in [-0.2, 0) is 0 Å². The summed E-state index contributed by atoms with van der Waals surface area (Å²) in [7, 11) is -3.87. The Morgan fingerprint density at radius 2 is 1.45 bits per heavy atom. The highest BCUT2D eigenvalue weighted by Crippen LogP contribution is 2.52. The van der Waals surface area contributed by atoms with Gasteiger partial charge in [0.05, 0.1) is 16.1 Å². The number of hydrogen-bond acceptors (Lipinski definition) is 0. The summed E-state index contributed by atoms with van der Waals surface area (Å²) in [6.07, 6.45) is 10.4. The molecule has 2 rings (SSSR count). The maximum absolute atomic E-state index is 4.23. The predicted octanol–water partition coefficient (Wildman–Crippen LogP) is 8.93. The predicted molar refractivity (Wildman–Crippen MR) is 151 cm³/mol. The molecule has 0 unspecified atom stereocenters. The maximum atomic E-state index is 4.23. The van der Waals surface area contributed by atoms with Crippen LogP contribution in [-0.4, -0.2) is 29.7 Å². The molecule has 0 saturated carbocycles. The Bertz CT molecular complexity index is 858. The van der Waals surface area contributed by atoms with Crippen LogP contribution in [0.3, 0.4) is 0 Å². The van der Waals surface area contributed by atoms with Gasteiger partial charge in [-0.15, -0.1) is 0 Å². The van der Waals surface area contributed by atoms with E-state index in [9.17, 15) is 0 Å². The van der Waals surface area contributed by atoms with Gasteiger partial charge in [-0.25, -0.2) is 0 Å². The molecule has 31 heavy (non-hydrogen) atoms. The summed E-state index contributed by atoms with van der Waals surface area (Å²) in [5, 5.41) is 5.50. The second kappa shape index (κ2) is 9.02. The molecule has 2 aliphatic carbocycles. The minimum absolute atomic E-state index is 0.221. The lowest BCUT2D eigenvalue weighted by Gasteiger charge is -2.44. The van der Waals surface area contributed by atoms with Gasteiger partial charge in [-0.05, 0) is 44.8 Å². The molecule has 0 fully saturated rings. The Balaban J connectivity index is 2.93. The lowest BCUT2D eigenvalue weighted by molar-refractivity contribution is 0.518. The highest BCUT2D eigenvalue weighted by molar-refractivity contribution is 6.97. The molecule has 0 amide bonds. The summed E-state index contributed by atoms with van der Waals surface area (Å²) in [5.74, 6) is 0. The molecule has 2 aliphatic rings. The van der Waals surface area contributed by atoms with E-state index in [2.05, 4.69) is 107 Å². The largest absolute Gasteiger partial charge is 0.0866 e. The van der Waals surface area contributed by atoms with Gasteiger partial charge in [0, 0.05) is 8.41 Å². The van der Waals surface area contributed by atoms with E-state index in [1.165, 1.54) is 23.7 Å². The maximum Gasteiger partial charge on any atom is 0.0866 e. The zero-order valence-electron chi connectivity index (χ0n) is 23.0. The Hall–Kier alpha value is -0.519. The lowest BCUT2D eigenvalue weighted by Crippen LogP contribution is -2.46. The van der Waals surface area contributed by atoms with Crippen LogP contribution >= 0.6 is 0 Å². The van der Waals surface area contributed by atoms with E-state index < -0.39 is 24.6 Å². The molecule has 173 valence electrons. The van der Waals surface area contributed by atoms with Gasteiger partial charge < -0.3 is 0 Å². The summed E-state index contributed by atoms with van der Waals surface area (Å²) in [6, 6.07) is 4.04. The first-order valence-corrected chi connectivity index (χ1v) is 20.7. The van der Waals surface area contributed by atoms with Crippen LogP contribution in [0.2, 0.25) is 49.4 Å². The van der Waals surface area contributed by atoms with Crippen molar-refractivity contribution in [3.05, 3.63) is 45.3 Å². The molecule has 0 spiro atoms. The molecule has 0 atom stereocenters. The minimum atomic E-state index is -1.73. The SMILES string of the molecule is CC[Si](CC)(CC)C1=[C]C(=[Si](C)C)C(C2=CC(C(C)(C)C)=CC2)=C1[Si](C)(C)C(C)(C)C. The molecule has 0 N–H and O–H groups in total. The monoisotopic (exact) mass is 469 g/mol. The van der Waals surface area contributed by atoms with E-state index in [-0.39, 0.29) is 5.41 Å². The van der Waals surface area contributed by atoms with Crippen molar-refractivity contribution in [3.63, 3.8) is 0 Å². The molecule has 0 saturated heterocycles. The van der Waals surface area contributed by atoms with E-state index >= 15 is 0 Å². The van der Waals surface area contributed by atoms with Crippen LogP contribution in [0.4, 0.5) is 0 Å². The average molecular weight is 470 g/mol. The standard InChI is InChI=1S/C28H49Si3/c1-14-31(15-2,16-3)24-20-23(29(10)11)25(26(24)30(12,13)28(7,8)9)21-17-18-22(19-21)27(4,5)6/h18-19H,14-17H2,1-13H3. The fraction of sp³-hybridized carbons (Fsp3) is 0.679. The van der Waals surface area contributed by atoms with E-state index in [1.807, 2.05) is 5.20 Å². The van der Waals surface area contributed by atoms with Gasteiger partial charge in [0.2, 0.25) is 0 Å². The van der Waals surface area contributed by atoms with Gasteiger partial charge in [0.15, 0.2) is 0 Å². The lowest BCUT2D eigenvalue weighted by atomic mass is 9.87. The zero-order valence-corrected chi connectivity index (χ0v) is 26.0. The van der Waals surface area contributed by atoms with Crippen LogP contribution < -0.4 is 0 Å². The van der Waals surface area contributed by atoms with Crippen molar-refractivity contribution < 1.29 is 0 Å². The summed E-state index contributed by atoms with van der Waals surface area (Å²) in [6.45, 7) is 32.2. The minimum Gasteiger partial charge on any atom is -0.0763 e. The molecular weight excluding hydrogens is 421 g/mol. The smallest absolute Gasteiger partial charge is 0.0763 e. The average Bonchev–Trinajstić information content (AvgIpc) is 3.28. The third-order valence-corrected chi connectivity index (χ3v) is 21.2. The van der Waals surface area contributed by atoms with Crippen molar-refractivity contribution in [2.75, 3.05) is 0 Å². The fourth-order valence-corrected chi connectivity index (χ4v) is 14.2. The van der Waals surface area contributed by atoms with Crippen molar-refractivity contribution in [3.8, 4) is 0 Å². The molecule has 0 heterocycles. The zero-order chi connectivity index (χ0) is 24.0. The van der Waals surface area contributed by atoms with Gasteiger partial charge in [-0.2, -0.15) is 0 Å². The van der Waals surface area contributed by atoms with Crippen molar-refractivity contribution >= 4 is 29.7 Å². The number of hydrogen-bond donors (Lipinski definition) is 0. The molecule has 0 aromatic heterocycles. The molecular formula is C28H49Si3. The normalized spacial score (nSPS) is 18.5. The second-order valence-electron chi connectivity index (χ2n) is 12.6. The molecule has 1 radical (unpaired) electrons. The molecule has 0 aromatic rings. The fourth-order valence-electron chi connectivity index (χ4n) is 5.10. The highest BCUT2D eigenvalue weighted by Gasteiger charge is 2.49. The van der Waals surface area contributed by atoms with Crippen LogP contribution in [0.15, 0.2) is 39.3 Å². The first kappa shape index (κ1) is 26.7. The Morgan fingerprint density at radius 3 is 1.81 bits per heavy atom. The van der Waals surface area contributed by atoms with Crippen LogP contribution in [0.1, 0.15) is 68.7 Å². The van der Waals surface area contributed by atoms with E-state index in [4.69, 9.17) is 0 Å². The van der Waals surface area contributed by atoms with Crippen molar-refractivity contribution in [1.29, 1.82) is 0 Å². The van der Waals surface area contributed by atoms with Gasteiger partial charge >= 0.3 is 0 Å². The van der Waals surface area contributed by atoms with Crippen molar-refractivity contribution in [1.82, 2.24) is 0 Å². The Kier molecular flexibility index (Phi) is 7.78. The molecule has 0 bridgehead atoms. The van der Waals surface area contributed by atoms with Crippen LogP contribution in [0.25, 0.3) is 0 Å². The third kappa shape index (κ3) is 4.75. The van der Waals surface area contributed by atoms with Crippen molar-refractivity contribution in [2.24, 2.45) is 5.41 Å². The van der Waals surface area contributed by atoms with Gasteiger partial charge in [0.25, 0.3) is 0 Å². The second-order valence-corrected chi connectivity index (χ2v) is 25.6. The van der Waals surface area contributed by atoms with Crippen LogP contribution in [0, 0.1) is 11.5 Å². The summed E-state index contributed by atoms with van der Waals surface area (Å²) >= 11 is 0. The van der Waals surface area contributed by atoms with Gasteiger partial charge in [-0.1, -0.05) is 129 Å². The molecule has 0 aromatic carbocycles. The van der Waals surface area contributed by atoms with E-state index in [1.54, 1.807) is 21.5 Å². The van der Waals surface area contributed by atoms with E-state index in [0.717, 1.165) is 6.42 Å². The summed E-state index contributed by atoms with van der Waals surface area (Å²) < 4.78 is 0. The first-order chi connectivity index (χ1) is 14.1. The molecule has 0 nitrogen and oxygen atoms in total. The van der Waals surface area contributed by atoms with Crippen LogP contribution in [0.5, 0.6) is 0 Å². The number of allylic oxidation sites excluding steroid dienone is 8. The quantitative estimate of drug-likeness (QED) is 0.340. The van der Waals surface area contributed by atoms with Crippen molar-refractivity contribution in [2.45, 2.75) is 118 Å².